The summed E-state index contributed by atoms with van der Waals surface area (Å²) in [4.78, 5) is 20.6. The molecule has 1 aromatic rings. The van der Waals surface area contributed by atoms with Gasteiger partial charge in [-0.2, -0.15) is 0 Å². The van der Waals surface area contributed by atoms with Crippen molar-refractivity contribution in [1.29, 1.82) is 0 Å². The Labute approximate surface area is 102 Å². The molecule has 0 aliphatic rings. The Hall–Kier alpha value is -2.62. The van der Waals surface area contributed by atoms with Crippen LogP contribution in [0, 0.1) is 28.3 Å². The minimum Gasteiger partial charge on any atom is -0.480 e. The number of terminal acetylenes is 1. The minimum absolute atomic E-state index is 0.00986. The number of carboxylic acid groups (broad SMARTS) is 1. The minimum atomic E-state index is -1.22. The number of carboxylic acids is 1. The Kier molecular flexibility index (Phi) is 4.21. The molecule has 6 nitrogen and oxygen atoms in total. The van der Waals surface area contributed by atoms with Crippen molar-refractivity contribution in [2.75, 3.05) is 5.32 Å². The van der Waals surface area contributed by atoms with Crippen molar-refractivity contribution >= 4 is 17.3 Å². The molecular weight excluding hydrogens is 243 g/mol. The van der Waals surface area contributed by atoms with Crippen molar-refractivity contribution < 1.29 is 19.2 Å². The highest BCUT2D eigenvalue weighted by Crippen LogP contribution is 2.21. The topological polar surface area (TPSA) is 92.5 Å². The molecule has 0 aromatic heterocycles. The maximum absolute atomic E-state index is 13.1. The van der Waals surface area contributed by atoms with Crippen LogP contribution in [-0.2, 0) is 4.79 Å². The summed E-state index contributed by atoms with van der Waals surface area (Å²) in [6, 6.07) is 1.60. The van der Waals surface area contributed by atoms with Gasteiger partial charge in [0.2, 0.25) is 0 Å². The molecule has 7 heteroatoms. The fourth-order valence-electron chi connectivity index (χ4n) is 1.28. The first kappa shape index (κ1) is 13.4. The van der Waals surface area contributed by atoms with Crippen LogP contribution in [0.2, 0.25) is 0 Å². The summed E-state index contributed by atoms with van der Waals surface area (Å²) in [6.45, 7) is 0. The van der Waals surface area contributed by atoms with Crippen LogP contribution in [0.5, 0.6) is 0 Å². The monoisotopic (exact) mass is 252 g/mol. The molecule has 0 spiro atoms. The van der Waals surface area contributed by atoms with Gasteiger partial charge in [0, 0.05) is 18.2 Å². The molecule has 0 bridgehead atoms. The van der Waals surface area contributed by atoms with Crippen LogP contribution in [0.3, 0.4) is 0 Å². The number of rotatable bonds is 5. The molecule has 2 N–H and O–H groups in total. The largest absolute Gasteiger partial charge is 0.480 e. The lowest BCUT2D eigenvalue weighted by Crippen LogP contribution is -2.28. The number of nitro benzene ring substituents is 1. The summed E-state index contributed by atoms with van der Waals surface area (Å²) in [7, 11) is 0. The molecule has 0 saturated heterocycles. The second kappa shape index (κ2) is 5.63. The van der Waals surface area contributed by atoms with E-state index in [9.17, 15) is 19.3 Å². The van der Waals surface area contributed by atoms with E-state index >= 15 is 0 Å². The maximum Gasteiger partial charge on any atom is 0.327 e. The second-order valence-electron chi connectivity index (χ2n) is 3.40. The lowest BCUT2D eigenvalue weighted by atomic mass is 10.2. The third-order valence-corrected chi connectivity index (χ3v) is 2.05. The van der Waals surface area contributed by atoms with Crippen molar-refractivity contribution in [3.05, 3.63) is 34.1 Å². The van der Waals surface area contributed by atoms with Crippen LogP contribution in [0.25, 0.3) is 0 Å². The highest BCUT2D eigenvalue weighted by atomic mass is 19.1. The fraction of sp³-hybridized carbons (Fsp3) is 0.182. The first-order valence-corrected chi connectivity index (χ1v) is 4.82. The molecule has 1 aromatic carbocycles. The van der Waals surface area contributed by atoms with Crippen LogP contribution in [0.15, 0.2) is 18.2 Å². The van der Waals surface area contributed by atoms with Gasteiger partial charge in [-0.25, -0.2) is 9.18 Å². The number of halogens is 1. The SMILES string of the molecule is C#CCC(Nc1cc(F)cc([N+](=O)[O-])c1)C(=O)O. The molecular formula is C11H9FN2O4. The van der Waals surface area contributed by atoms with Gasteiger partial charge in [-0.1, -0.05) is 0 Å². The van der Waals surface area contributed by atoms with Gasteiger partial charge in [-0.05, 0) is 6.07 Å². The van der Waals surface area contributed by atoms with Gasteiger partial charge in [0.25, 0.3) is 5.69 Å². The zero-order chi connectivity index (χ0) is 13.7. The molecule has 1 rings (SSSR count). The van der Waals surface area contributed by atoms with Crippen LogP contribution < -0.4 is 5.32 Å². The van der Waals surface area contributed by atoms with E-state index in [1.165, 1.54) is 0 Å². The quantitative estimate of drug-likeness (QED) is 0.472. The van der Waals surface area contributed by atoms with E-state index in [-0.39, 0.29) is 12.1 Å². The van der Waals surface area contributed by atoms with Crippen LogP contribution in [0.4, 0.5) is 15.8 Å². The molecule has 0 fully saturated rings. The number of benzene rings is 1. The average Bonchev–Trinajstić information content (AvgIpc) is 2.27. The summed E-state index contributed by atoms with van der Waals surface area (Å²) in [6.07, 6.45) is 4.87. The fourth-order valence-corrected chi connectivity index (χ4v) is 1.28. The number of aliphatic carboxylic acids is 1. The zero-order valence-corrected chi connectivity index (χ0v) is 9.09. The lowest BCUT2D eigenvalue weighted by molar-refractivity contribution is -0.385. The first-order valence-electron chi connectivity index (χ1n) is 4.82. The van der Waals surface area contributed by atoms with Crippen LogP contribution in [0.1, 0.15) is 6.42 Å². The zero-order valence-electron chi connectivity index (χ0n) is 9.09. The molecule has 0 radical (unpaired) electrons. The summed E-state index contributed by atoms with van der Waals surface area (Å²) < 4.78 is 13.1. The Morgan fingerprint density at radius 3 is 2.78 bits per heavy atom. The van der Waals surface area contributed by atoms with Gasteiger partial charge in [0.05, 0.1) is 11.0 Å². The summed E-state index contributed by atoms with van der Waals surface area (Å²) >= 11 is 0. The number of hydrogen-bond donors (Lipinski definition) is 2. The van der Waals surface area contributed by atoms with Gasteiger partial charge in [-0.15, -0.1) is 12.3 Å². The van der Waals surface area contributed by atoms with E-state index in [0.717, 1.165) is 18.2 Å². The Morgan fingerprint density at radius 2 is 2.28 bits per heavy atom. The first-order chi connectivity index (χ1) is 8.43. The van der Waals surface area contributed by atoms with Gasteiger partial charge in [-0.3, -0.25) is 10.1 Å². The van der Waals surface area contributed by atoms with Gasteiger partial charge >= 0.3 is 5.97 Å². The molecule has 1 atom stereocenters. The van der Waals surface area contributed by atoms with E-state index in [4.69, 9.17) is 11.5 Å². The van der Waals surface area contributed by atoms with E-state index in [1.807, 2.05) is 0 Å². The van der Waals surface area contributed by atoms with Crippen molar-refractivity contribution in [2.45, 2.75) is 12.5 Å². The predicted octanol–water partition coefficient (Wildman–Crippen LogP) is 1.62. The smallest absolute Gasteiger partial charge is 0.327 e. The van der Waals surface area contributed by atoms with Crippen molar-refractivity contribution in [3.8, 4) is 12.3 Å². The van der Waals surface area contributed by atoms with E-state index < -0.39 is 28.4 Å². The number of non-ortho nitro benzene ring substituents is 1. The number of nitrogens with zero attached hydrogens (tertiary/aromatic N) is 1. The second-order valence-corrected chi connectivity index (χ2v) is 3.40. The molecule has 0 heterocycles. The van der Waals surface area contributed by atoms with E-state index in [2.05, 4.69) is 11.2 Å². The third-order valence-electron chi connectivity index (χ3n) is 2.05. The average molecular weight is 252 g/mol. The highest BCUT2D eigenvalue weighted by molar-refractivity contribution is 5.78. The number of carbonyl (C=O) groups is 1. The Morgan fingerprint density at radius 1 is 1.61 bits per heavy atom. The molecule has 0 aliphatic heterocycles. The third kappa shape index (κ3) is 3.45. The molecule has 1 unspecified atom stereocenters. The molecule has 0 saturated carbocycles. The van der Waals surface area contributed by atoms with Crippen molar-refractivity contribution in [2.24, 2.45) is 0 Å². The molecule has 0 amide bonds. The maximum atomic E-state index is 13.1. The highest BCUT2D eigenvalue weighted by Gasteiger charge is 2.18. The normalized spacial score (nSPS) is 11.3. The van der Waals surface area contributed by atoms with Gasteiger partial charge in [0.1, 0.15) is 11.9 Å². The number of anilines is 1. The van der Waals surface area contributed by atoms with E-state index in [0.29, 0.717) is 0 Å². The Bertz CT molecular complexity index is 524. The van der Waals surface area contributed by atoms with Crippen LogP contribution >= 0.6 is 0 Å². The summed E-state index contributed by atoms with van der Waals surface area (Å²) in [5.74, 6) is 0.0915. The lowest BCUT2D eigenvalue weighted by Gasteiger charge is -2.12. The summed E-state index contributed by atoms with van der Waals surface area (Å²) in [5.41, 5.74) is -0.480. The summed E-state index contributed by atoms with van der Waals surface area (Å²) in [5, 5.41) is 21.8. The molecule has 18 heavy (non-hydrogen) atoms. The molecule has 0 aliphatic carbocycles. The number of nitrogens with one attached hydrogen (secondary N) is 1. The van der Waals surface area contributed by atoms with Crippen LogP contribution in [-0.4, -0.2) is 22.0 Å². The van der Waals surface area contributed by atoms with Gasteiger partial charge in [0.15, 0.2) is 0 Å². The van der Waals surface area contributed by atoms with Crippen molar-refractivity contribution in [3.63, 3.8) is 0 Å². The number of nitro groups is 1. The van der Waals surface area contributed by atoms with Gasteiger partial charge < -0.3 is 10.4 Å². The predicted molar refractivity (Wildman–Crippen MR) is 61.6 cm³/mol. The van der Waals surface area contributed by atoms with E-state index in [1.54, 1.807) is 0 Å². The molecule has 94 valence electrons. The van der Waals surface area contributed by atoms with Crippen molar-refractivity contribution in [1.82, 2.24) is 0 Å². The standard InChI is InChI=1S/C11H9FN2O4/c1-2-3-10(11(15)16)13-8-4-7(12)5-9(6-8)14(17)18/h1,4-6,10,13H,3H2,(H,15,16). The Balaban J connectivity index is 2.99. The number of hydrogen-bond acceptors (Lipinski definition) is 4.